The zero-order chi connectivity index (χ0) is 18.6. The number of unbranched alkanes of at least 4 members (excludes halogenated alkanes) is 1. The van der Waals surface area contributed by atoms with E-state index in [2.05, 4.69) is 0 Å². The molecule has 0 aliphatic carbocycles. The minimum atomic E-state index is -2.97. The molecule has 14 heteroatoms. The fourth-order valence-electron chi connectivity index (χ4n) is 1.32. The molecule has 0 fully saturated rings. The number of hydrogen-bond donors (Lipinski definition) is 4. The molecular weight excluding hydrogens is 385 g/mol. The van der Waals surface area contributed by atoms with Crippen LogP contribution in [0.25, 0.3) is 0 Å². The van der Waals surface area contributed by atoms with Crippen molar-refractivity contribution in [1.82, 2.24) is 0 Å². The summed E-state index contributed by atoms with van der Waals surface area (Å²) >= 11 is 0. The van der Waals surface area contributed by atoms with Crippen molar-refractivity contribution in [3.8, 4) is 0 Å². The first kappa shape index (κ1) is 37.5. The zero-order valence-corrected chi connectivity index (χ0v) is 21.2. The van der Waals surface area contributed by atoms with Gasteiger partial charge in [0, 0.05) is 24.8 Å². The molecule has 0 rings (SSSR count). The molecule has 0 aliphatic rings. The fourth-order valence-corrected chi connectivity index (χ4v) is 1.32. The van der Waals surface area contributed by atoms with Crippen molar-refractivity contribution in [1.29, 1.82) is 0 Å². The topological polar surface area (TPSA) is 230 Å². The van der Waals surface area contributed by atoms with Crippen LogP contribution in [0.2, 0.25) is 0 Å². The van der Waals surface area contributed by atoms with Crippen LogP contribution < -0.4 is 115 Å². The molecule has 0 bridgehead atoms. The molecule has 0 saturated carbocycles. The standard InChI is InChI=1S/C6H14N2O2.C6H8O7.3Na/c7-4-2-1-3-5(8)6(9)10;7-3(8)1-6(13,5(11)12)2-4(9)10;;;/h5H,1-4,7-8H2,(H,9,10);13H,1-2H2,(H,7,8)(H,9,10)(H,11,12);;;/q;;3*+1/p-3/t5-;;;;/m0..../s1. The Morgan fingerprint density at radius 1 is 0.923 bits per heavy atom. The minimum absolute atomic E-state index is 0. The summed E-state index contributed by atoms with van der Waals surface area (Å²) in [5.41, 5.74) is 7.44. The maximum atomic E-state index is 10.1. The van der Waals surface area contributed by atoms with Crippen molar-refractivity contribution in [3.05, 3.63) is 0 Å². The molecule has 0 spiro atoms. The second-order valence-electron chi connectivity index (χ2n) is 4.65. The van der Waals surface area contributed by atoms with E-state index in [0.717, 1.165) is 12.8 Å². The van der Waals surface area contributed by atoms with E-state index in [9.17, 15) is 34.5 Å². The van der Waals surface area contributed by atoms with Gasteiger partial charge in [-0.05, 0) is 19.4 Å². The molecular formula is C12H19N2Na3O9. The first-order valence-electron chi connectivity index (χ1n) is 6.48. The largest absolute Gasteiger partial charge is 1.00 e. The molecule has 0 aromatic heterocycles. The average Bonchev–Trinajstić information content (AvgIpc) is 2.37. The van der Waals surface area contributed by atoms with Crippen molar-refractivity contribution in [3.63, 3.8) is 0 Å². The van der Waals surface area contributed by atoms with Gasteiger partial charge in [0.15, 0.2) is 0 Å². The van der Waals surface area contributed by atoms with Gasteiger partial charge in [0.05, 0.1) is 5.97 Å². The summed E-state index contributed by atoms with van der Waals surface area (Å²) in [4.78, 5) is 40.1. The molecule has 11 nitrogen and oxygen atoms in total. The number of rotatable bonds is 10. The summed E-state index contributed by atoms with van der Waals surface area (Å²) in [5, 5.41) is 47.3. The van der Waals surface area contributed by atoms with Gasteiger partial charge in [-0.3, -0.25) is 4.79 Å². The summed E-state index contributed by atoms with van der Waals surface area (Å²) in [7, 11) is 0. The Labute approximate surface area is 216 Å². The Morgan fingerprint density at radius 3 is 1.54 bits per heavy atom. The van der Waals surface area contributed by atoms with Crippen molar-refractivity contribution in [2.24, 2.45) is 11.5 Å². The van der Waals surface area contributed by atoms with Gasteiger partial charge in [0.2, 0.25) is 0 Å². The van der Waals surface area contributed by atoms with Gasteiger partial charge in [-0.2, -0.15) is 0 Å². The molecule has 0 radical (unpaired) electrons. The molecule has 26 heavy (non-hydrogen) atoms. The zero-order valence-electron chi connectivity index (χ0n) is 15.2. The maximum Gasteiger partial charge on any atom is 1.00 e. The maximum absolute atomic E-state index is 10.1. The number of carbonyl (C=O) groups excluding carboxylic acids is 3. The van der Waals surface area contributed by atoms with Crippen LogP contribution in [0, 0.1) is 0 Å². The second kappa shape index (κ2) is 20.5. The van der Waals surface area contributed by atoms with Crippen LogP contribution in [0.15, 0.2) is 0 Å². The fraction of sp³-hybridized carbons (Fsp3) is 0.667. The van der Waals surface area contributed by atoms with Crippen LogP contribution in [0.3, 0.4) is 0 Å². The van der Waals surface area contributed by atoms with Crippen molar-refractivity contribution in [2.45, 2.75) is 43.7 Å². The van der Waals surface area contributed by atoms with Crippen LogP contribution in [0.5, 0.6) is 0 Å². The average molecular weight is 404 g/mol. The van der Waals surface area contributed by atoms with E-state index >= 15 is 0 Å². The molecule has 0 unspecified atom stereocenters. The number of carboxylic acids is 4. The van der Waals surface area contributed by atoms with E-state index in [-0.39, 0.29) is 88.7 Å². The third-order valence-corrected chi connectivity index (χ3v) is 2.54. The van der Waals surface area contributed by atoms with Crippen molar-refractivity contribution in [2.75, 3.05) is 6.54 Å². The Kier molecular flexibility index (Phi) is 29.6. The number of nitrogens with two attached hydrogens (primary N) is 2. The number of carbonyl (C=O) groups is 4. The Bertz CT molecular complexity index is 422. The van der Waals surface area contributed by atoms with Crippen molar-refractivity contribution >= 4 is 23.9 Å². The van der Waals surface area contributed by atoms with E-state index < -0.39 is 48.4 Å². The van der Waals surface area contributed by atoms with Crippen LogP contribution in [-0.4, -0.2) is 52.3 Å². The summed E-state index contributed by atoms with van der Waals surface area (Å²) in [6.45, 7) is 0.604. The molecule has 0 aromatic carbocycles. The van der Waals surface area contributed by atoms with E-state index in [1.807, 2.05) is 0 Å². The van der Waals surface area contributed by atoms with Gasteiger partial charge >= 0.3 is 94.6 Å². The number of hydrogen-bond acceptors (Lipinski definition) is 10. The predicted octanol–water partition coefficient (Wildman–Crippen LogP) is -14.7. The first-order valence-corrected chi connectivity index (χ1v) is 6.48. The second-order valence-corrected chi connectivity index (χ2v) is 4.65. The van der Waals surface area contributed by atoms with Gasteiger partial charge < -0.3 is 51.4 Å². The van der Waals surface area contributed by atoms with Gasteiger partial charge in [-0.1, -0.05) is 6.42 Å². The number of aliphatic carboxylic acids is 4. The van der Waals surface area contributed by atoms with Gasteiger partial charge in [0.1, 0.15) is 11.6 Å². The Hall–Kier alpha value is 0.760. The van der Waals surface area contributed by atoms with Crippen LogP contribution >= 0.6 is 0 Å². The molecule has 0 aromatic rings. The third kappa shape index (κ3) is 21.1. The van der Waals surface area contributed by atoms with Crippen molar-refractivity contribution < 1.29 is 133 Å². The van der Waals surface area contributed by atoms with E-state index in [0.29, 0.717) is 13.0 Å². The normalized spacial score (nSPS) is 10.4. The number of carboxylic acid groups (broad SMARTS) is 4. The molecule has 0 aliphatic heterocycles. The van der Waals surface area contributed by atoms with Crippen LogP contribution in [-0.2, 0) is 19.2 Å². The summed E-state index contributed by atoms with van der Waals surface area (Å²) in [6.07, 6.45) is -0.551. The Balaban J connectivity index is -0.000000104. The molecule has 6 N–H and O–H groups in total. The smallest absolute Gasteiger partial charge is 0.550 e. The monoisotopic (exact) mass is 404 g/mol. The molecule has 134 valence electrons. The first-order chi connectivity index (χ1) is 10.5. The van der Waals surface area contributed by atoms with E-state index in [1.54, 1.807) is 0 Å². The third-order valence-electron chi connectivity index (χ3n) is 2.54. The van der Waals surface area contributed by atoms with Crippen LogP contribution in [0.1, 0.15) is 32.1 Å². The van der Waals surface area contributed by atoms with Gasteiger partial charge in [-0.15, -0.1) is 0 Å². The van der Waals surface area contributed by atoms with Gasteiger partial charge in [-0.25, -0.2) is 0 Å². The quantitative estimate of drug-likeness (QED) is 0.197. The predicted molar refractivity (Wildman–Crippen MR) is 67.7 cm³/mol. The summed E-state index contributed by atoms with van der Waals surface area (Å²) in [6, 6.07) is -0.716. The number of aliphatic hydroxyl groups is 1. The van der Waals surface area contributed by atoms with E-state index in [1.165, 1.54) is 0 Å². The molecule has 1 atom stereocenters. The Morgan fingerprint density at radius 2 is 1.31 bits per heavy atom. The summed E-state index contributed by atoms with van der Waals surface area (Å²) in [5.74, 6) is -6.92. The molecule has 0 heterocycles. The van der Waals surface area contributed by atoms with Gasteiger partial charge in [0.25, 0.3) is 0 Å². The molecule has 0 amide bonds. The SMILES string of the molecule is NCCCC[C@H](N)C(=O)O.O=C([O-])CC(O)(CC(=O)[O-])C(=O)[O-].[Na+].[Na+].[Na+]. The van der Waals surface area contributed by atoms with Crippen LogP contribution in [0.4, 0.5) is 0 Å². The molecule has 0 saturated heterocycles. The van der Waals surface area contributed by atoms with E-state index in [4.69, 9.17) is 21.7 Å². The summed E-state index contributed by atoms with van der Waals surface area (Å²) < 4.78 is 0. The minimum Gasteiger partial charge on any atom is -0.550 e.